The summed E-state index contributed by atoms with van der Waals surface area (Å²) in [7, 11) is 0. The van der Waals surface area contributed by atoms with E-state index in [1.165, 1.54) is 11.0 Å². The van der Waals surface area contributed by atoms with E-state index in [1.54, 1.807) is 37.3 Å². The van der Waals surface area contributed by atoms with Gasteiger partial charge in [0.05, 0.1) is 0 Å². The van der Waals surface area contributed by atoms with Crippen molar-refractivity contribution in [1.82, 2.24) is 0 Å². The molecule has 3 nitrogen and oxygen atoms in total. The van der Waals surface area contributed by atoms with Crippen LogP contribution in [0.25, 0.3) is 0 Å². The van der Waals surface area contributed by atoms with Gasteiger partial charge in [0.25, 0.3) is 5.91 Å². The first-order valence-electron chi connectivity index (χ1n) is 7.17. The lowest BCUT2D eigenvalue weighted by Gasteiger charge is -2.21. The SMILES string of the molecule is C=CCOc1ccc(C(=O)N(CC)c2ccc(F)c(F)c2)cc1. The van der Waals surface area contributed by atoms with Crippen LogP contribution in [-0.4, -0.2) is 19.1 Å². The third kappa shape index (κ3) is 3.94. The molecule has 0 spiro atoms. The lowest BCUT2D eigenvalue weighted by atomic mass is 10.1. The maximum atomic E-state index is 13.4. The predicted molar refractivity (Wildman–Crippen MR) is 85.8 cm³/mol. The van der Waals surface area contributed by atoms with Crippen molar-refractivity contribution in [3.63, 3.8) is 0 Å². The zero-order valence-electron chi connectivity index (χ0n) is 12.8. The van der Waals surface area contributed by atoms with E-state index in [0.717, 1.165) is 12.1 Å². The number of anilines is 1. The van der Waals surface area contributed by atoms with Gasteiger partial charge >= 0.3 is 0 Å². The molecule has 120 valence electrons. The summed E-state index contributed by atoms with van der Waals surface area (Å²) in [6, 6.07) is 10.0. The third-order valence-corrected chi connectivity index (χ3v) is 3.25. The number of rotatable bonds is 6. The zero-order chi connectivity index (χ0) is 16.8. The van der Waals surface area contributed by atoms with Gasteiger partial charge in [0, 0.05) is 23.9 Å². The van der Waals surface area contributed by atoms with Gasteiger partial charge in [0.1, 0.15) is 12.4 Å². The van der Waals surface area contributed by atoms with Crippen LogP contribution in [0, 0.1) is 11.6 Å². The van der Waals surface area contributed by atoms with Crippen molar-refractivity contribution in [2.75, 3.05) is 18.1 Å². The molecule has 0 aliphatic carbocycles. The summed E-state index contributed by atoms with van der Waals surface area (Å²) < 4.78 is 31.8. The fourth-order valence-electron chi connectivity index (χ4n) is 2.10. The lowest BCUT2D eigenvalue weighted by molar-refractivity contribution is 0.0988. The first kappa shape index (κ1) is 16.7. The fraction of sp³-hybridized carbons (Fsp3) is 0.167. The van der Waals surface area contributed by atoms with E-state index in [0.29, 0.717) is 30.2 Å². The van der Waals surface area contributed by atoms with Gasteiger partial charge < -0.3 is 9.64 Å². The molecule has 2 aromatic rings. The second kappa shape index (κ2) is 7.54. The molecule has 0 bridgehead atoms. The topological polar surface area (TPSA) is 29.5 Å². The van der Waals surface area contributed by atoms with E-state index in [-0.39, 0.29) is 5.91 Å². The van der Waals surface area contributed by atoms with Crippen LogP contribution in [0.1, 0.15) is 17.3 Å². The summed E-state index contributed by atoms with van der Waals surface area (Å²) in [5.41, 5.74) is 0.742. The minimum Gasteiger partial charge on any atom is -0.490 e. The van der Waals surface area contributed by atoms with Crippen LogP contribution >= 0.6 is 0 Å². The molecule has 2 rings (SSSR count). The molecule has 0 radical (unpaired) electrons. The molecule has 0 N–H and O–H groups in total. The molecule has 23 heavy (non-hydrogen) atoms. The number of halogens is 2. The Morgan fingerprint density at radius 3 is 2.43 bits per heavy atom. The lowest BCUT2D eigenvalue weighted by Crippen LogP contribution is -2.30. The van der Waals surface area contributed by atoms with Crippen molar-refractivity contribution in [2.24, 2.45) is 0 Å². The number of benzene rings is 2. The van der Waals surface area contributed by atoms with Crippen molar-refractivity contribution < 1.29 is 18.3 Å². The molecule has 2 aromatic carbocycles. The molecule has 0 aromatic heterocycles. The Bertz CT molecular complexity index is 699. The average Bonchev–Trinajstić information content (AvgIpc) is 2.57. The minimum absolute atomic E-state index is 0.297. The van der Waals surface area contributed by atoms with Gasteiger partial charge in [0.2, 0.25) is 0 Å². The van der Waals surface area contributed by atoms with Crippen LogP contribution in [0.15, 0.2) is 55.1 Å². The number of carbonyl (C=O) groups excluding carboxylic acids is 1. The maximum Gasteiger partial charge on any atom is 0.258 e. The molecular formula is C18H17F2NO2. The van der Waals surface area contributed by atoms with Crippen molar-refractivity contribution in [1.29, 1.82) is 0 Å². The van der Waals surface area contributed by atoms with Gasteiger partial charge in [-0.05, 0) is 43.3 Å². The number of amides is 1. The normalized spacial score (nSPS) is 10.2. The standard InChI is InChI=1S/C18H17F2NO2/c1-3-11-23-15-8-5-13(6-9-15)18(22)21(4-2)14-7-10-16(19)17(20)12-14/h3,5-10,12H,1,4,11H2,2H3. The van der Waals surface area contributed by atoms with Crippen LogP contribution in [-0.2, 0) is 0 Å². The third-order valence-electron chi connectivity index (χ3n) is 3.25. The molecule has 1 amide bonds. The fourth-order valence-corrected chi connectivity index (χ4v) is 2.10. The zero-order valence-corrected chi connectivity index (χ0v) is 12.8. The molecule has 5 heteroatoms. The largest absolute Gasteiger partial charge is 0.490 e. The van der Waals surface area contributed by atoms with E-state index in [1.807, 2.05) is 0 Å². The number of ether oxygens (including phenoxy) is 1. The number of nitrogens with zero attached hydrogens (tertiary/aromatic N) is 1. The van der Waals surface area contributed by atoms with E-state index in [4.69, 9.17) is 4.74 Å². The first-order valence-corrected chi connectivity index (χ1v) is 7.17. The highest BCUT2D eigenvalue weighted by molar-refractivity contribution is 6.06. The number of carbonyl (C=O) groups is 1. The summed E-state index contributed by atoms with van der Waals surface area (Å²) in [6.45, 7) is 6.03. The van der Waals surface area contributed by atoms with Crippen LogP contribution in [0.2, 0.25) is 0 Å². The molecule has 0 saturated carbocycles. The Morgan fingerprint density at radius 2 is 1.87 bits per heavy atom. The van der Waals surface area contributed by atoms with Gasteiger partial charge in [-0.3, -0.25) is 4.79 Å². The molecule has 0 aliphatic rings. The van der Waals surface area contributed by atoms with Crippen LogP contribution < -0.4 is 9.64 Å². The maximum absolute atomic E-state index is 13.4. The smallest absolute Gasteiger partial charge is 0.258 e. The first-order chi connectivity index (χ1) is 11.1. The van der Waals surface area contributed by atoms with Crippen molar-refractivity contribution in [3.8, 4) is 5.75 Å². The van der Waals surface area contributed by atoms with Gasteiger partial charge in [-0.2, -0.15) is 0 Å². The van der Waals surface area contributed by atoms with Crippen LogP contribution in [0.5, 0.6) is 5.75 Å². The summed E-state index contributed by atoms with van der Waals surface area (Å²) in [5.74, 6) is -1.60. The van der Waals surface area contributed by atoms with Gasteiger partial charge in [-0.1, -0.05) is 12.7 Å². The van der Waals surface area contributed by atoms with Crippen molar-refractivity contribution in [3.05, 3.63) is 72.3 Å². The Kier molecular flexibility index (Phi) is 5.46. The number of hydrogen-bond acceptors (Lipinski definition) is 2. The van der Waals surface area contributed by atoms with Crippen molar-refractivity contribution >= 4 is 11.6 Å². The monoisotopic (exact) mass is 317 g/mol. The van der Waals surface area contributed by atoms with Crippen LogP contribution in [0.4, 0.5) is 14.5 Å². The van der Waals surface area contributed by atoms with E-state index >= 15 is 0 Å². The molecule has 0 fully saturated rings. The summed E-state index contributed by atoms with van der Waals surface area (Å²) >= 11 is 0. The van der Waals surface area contributed by atoms with Gasteiger partial charge in [-0.25, -0.2) is 8.78 Å². The number of hydrogen-bond donors (Lipinski definition) is 0. The Balaban J connectivity index is 2.22. The molecule has 0 atom stereocenters. The minimum atomic E-state index is -0.984. The Hall–Kier alpha value is -2.69. The Morgan fingerprint density at radius 1 is 1.17 bits per heavy atom. The van der Waals surface area contributed by atoms with Crippen LogP contribution in [0.3, 0.4) is 0 Å². The van der Waals surface area contributed by atoms with E-state index < -0.39 is 11.6 Å². The molecule has 0 saturated heterocycles. The second-order valence-corrected chi connectivity index (χ2v) is 4.77. The highest BCUT2D eigenvalue weighted by Gasteiger charge is 2.17. The van der Waals surface area contributed by atoms with E-state index in [9.17, 15) is 13.6 Å². The highest BCUT2D eigenvalue weighted by atomic mass is 19.2. The average molecular weight is 317 g/mol. The summed E-state index contributed by atoms with van der Waals surface area (Å²) in [4.78, 5) is 13.9. The quantitative estimate of drug-likeness (QED) is 0.747. The summed E-state index contributed by atoms with van der Waals surface area (Å²) in [5, 5.41) is 0. The summed E-state index contributed by atoms with van der Waals surface area (Å²) in [6.07, 6.45) is 1.63. The molecule has 0 aliphatic heterocycles. The van der Waals surface area contributed by atoms with Gasteiger partial charge in [0.15, 0.2) is 11.6 Å². The molecular weight excluding hydrogens is 300 g/mol. The van der Waals surface area contributed by atoms with E-state index in [2.05, 4.69) is 6.58 Å². The molecule has 0 heterocycles. The predicted octanol–water partition coefficient (Wildman–Crippen LogP) is 4.20. The highest BCUT2D eigenvalue weighted by Crippen LogP contribution is 2.21. The molecule has 0 unspecified atom stereocenters. The van der Waals surface area contributed by atoms with Crippen molar-refractivity contribution in [2.45, 2.75) is 6.92 Å². The Labute approximate surface area is 133 Å². The van der Waals surface area contributed by atoms with Gasteiger partial charge in [-0.15, -0.1) is 0 Å². The second-order valence-electron chi connectivity index (χ2n) is 4.77.